The molecule has 1 saturated heterocycles. The molecule has 3 rings (SSSR count). The lowest BCUT2D eigenvalue weighted by atomic mass is 10.2. The molecule has 0 atom stereocenters. The Labute approximate surface area is 141 Å². The van der Waals surface area contributed by atoms with E-state index in [4.69, 9.17) is 9.15 Å². The highest BCUT2D eigenvalue weighted by Crippen LogP contribution is 2.21. The highest BCUT2D eigenvalue weighted by molar-refractivity contribution is 5.93. The number of aromatic nitrogens is 1. The number of aryl methyl sites for hydroxylation is 1. The van der Waals surface area contributed by atoms with Gasteiger partial charge in [-0.15, -0.1) is 0 Å². The van der Waals surface area contributed by atoms with Crippen LogP contribution in [0.25, 0.3) is 11.5 Å². The van der Waals surface area contributed by atoms with E-state index in [0.29, 0.717) is 23.9 Å². The molecule has 128 valence electrons. The van der Waals surface area contributed by atoms with Crippen molar-refractivity contribution < 1.29 is 13.9 Å². The van der Waals surface area contributed by atoms with Crippen LogP contribution >= 0.6 is 0 Å². The van der Waals surface area contributed by atoms with Gasteiger partial charge in [0.05, 0.1) is 13.2 Å². The molecule has 0 saturated carbocycles. The van der Waals surface area contributed by atoms with E-state index < -0.39 is 0 Å². The van der Waals surface area contributed by atoms with Crippen LogP contribution in [0.2, 0.25) is 0 Å². The third-order valence-electron chi connectivity index (χ3n) is 4.07. The van der Waals surface area contributed by atoms with Gasteiger partial charge in [0.25, 0.3) is 5.91 Å². The summed E-state index contributed by atoms with van der Waals surface area (Å²) in [5.74, 6) is 0.839. The van der Waals surface area contributed by atoms with Crippen molar-refractivity contribution in [2.24, 2.45) is 0 Å². The van der Waals surface area contributed by atoms with Crippen LogP contribution in [0.5, 0.6) is 0 Å². The SMILES string of the molecule is Cc1oc(-c2ccccc2)nc1C(=O)NCCCN1CCOCC1. The Kier molecular flexibility index (Phi) is 5.61. The van der Waals surface area contributed by atoms with E-state index in [2.05, 4.69) is 15.2 Å². The third-order valence-corrected chi connectivity index (χ3v) is 4.07. The van der Waals surface area contributed by atoms with Crippen molar-refractivity contribution in [2.75, 3.05) is 39.4 Å². The number of nitrogens with zero attached hydrogens (tertiary/aromatic N) is 2. The maximum absolute atomic E-state index is 12.3. The Morgan fingerprint density at radius 1 is 1.25 bits per heavy atom. The van der Waals surface area contributed by atoms with Crippen LogP contribution in [0, 0.1) is 6.92 Å². The Balaban J connectivity index is 1.51. The van der Waals surface area contributed by atoms with E-state index in [0.717, 1.165) is 44.8 Å². The maximum atomic E-state index is 12.3. The van der Waals surface area contributed by atoms with Gasteiger partial charge in [-0.2, -0.15) is 0 Å². The number of oxazole rings is 1. The molecule has 1 amide bonds. The second-order valence-corrected chi connectivity index (χ2v) is 5.85. The van der Waals surface area contributed by atoms with Crippen molar-refractivity contribution >= 4 is 5.91 Å². The quantitative estimate of drug-likeness (QED) is 0.822. The van der Waals surface area contributed by atoms with Gasteiger partial charge < -0.3 is 14.5 Å². The summed E-state index contributed by atoms with van der Waals surface area (Å²) >= 11 is 0. The summed E-state index contributed by atoms with van der Waals surface area (Å²) in [5.41, 5.74) is 1.23. The van der Waals surface area contributed by atoms with Gasteiger partial charge >= 0.3 is 0 Å². The van der Waals surface area contributed by atoms with E-state index in [1.54, 1.807) is 6.92 Å². The van der Waals surface area contributed by atoms with Crippen molar-refractivity contribution in [3.63, 3.8) is 0 Å². The molecule has 1 aliphatic heterocycles. The smallest absolute Gasteiger partial charge is 0.273 e. The van der Waals surface area contributed by atoms with Crippen LogP contribution in [0.4, 0.5) is 0 Å². The number of rotatable bonds is 6. The van der Waals surface area contributed by atoms with Crippen LogP contribution in [-0.4, -0.2) is 55.2 Å². The van der Waals surface area contributed by atoms with E-state index in [1.807, 2.05) is 30.3 Å². The summed E-state index contributed by atoms with van der Waals surface area (Å²) in [7, 11) is 0. The number of ether oxygens (including phenoxy) is 1. The van der Waals surface area contributed by atoms with Gasteiger partial charge in [0.15, 0.2) is 5.69 Å². The Hall–Kier alpha value is -2.18. The number of hydrogen-bond donors (Lipinski definition) is 1. The van der Waals surface area contributed by atoms with Crippen molar-refractivity contribution in [2.45, 2.75) is 13.3 Å². The first kappa shape index (κ1) is 16.7. The highest BCUT2D eigenvalue weighted by Gasteiger charge is 2.17. The number of morpholine rings is 1. The predicted octanol–water partition coefficient (Wildman–Crippen LogP) is 2.10. The third kappa shape index (κ3) is 4.21. The lowest BCUT2D eigenvalue weighted by molar-refractivity contribution is 0.0374. The molecular weight excluding hydrogens is 306 g/mol. The molecule has 1 fully saturated rings. The molecule has 1 aromatic carbocycles. The average molecular weight is 329 g/mol. The minimum atomic E-state index is -0.180. The number of carbonyl (C=O) groups is 1. The molecule has 0 bridgehead atoms. The van der Waals surface area contributed by atoms with E-state index >= 15 is 0 Å². The zero-order chi connectivity index (χ0) is 16.8. The lowest BCUT2D eigenvalue weighted by Gasteiger charge is -2.26. The predicted molar refractivity (Wildman–Crippen MR) is 90.9 cm³/mol. The molecule has 1 aliphatic rings. The largest absolute Gasteiger partial charge is 0.441 e. The Bertz CT molecular complexity index is 663. The van der Waals surface area contributed by atoms with E-state index in [-0.39, 0.29) is 5.91 Å². The number of benzene rings is 1. The lowest BCUT2D eigenvalue weighted by Crippen LogP contribution is -2.38. The molecule has 2 aromatic rings. The fourth-order valence-electron chi connectivity index (χ4n) is 2.72. The van der Waals surface area contributed by atoms with Crippen LogP contribution in [0.1, 0.15) is 22.7 Å². The first-order valence-corrected chi connectivity index (χ1v) is 8.35. The summed E-state index contributed by atoms with van der Waals surface area (Å²) in [6.45, 7) is 6.90. The van der Waals surface area contributed by atoms with Gasteiger partial charge in [-0.05, 0) is 32.0 Å². The van der Waals surface area contributed by atoms with Gasteiger partial charge in [0.1, 0.15) is 5.76 Å². The highest BCUT2D eigenvalue weighted by atomic mass is 16.5. The fourth-order valence-corrected chi connectivity index (χ4v) is 2.72. The molecule has 0 spiro atoms. The molecule has 0 aliphatic carbocycles. The number of hydrogen-bond acceptors (Lipinski definition) is 5. The molecule has 0 radical (unpaired) electrons. The first-order chi connectivity index (χ1) is 11.7. The van der Waals surface area contributed by atoms with Crippen LogP contribution in [0.3, 0.4) is 0 Å². The average Bonchev–Trinajstić information content (AvgIpc) is 3.02. The van der Waals surface area contributed by atoms with Gasteiger partial charge in [-0.25, -0.2) is 4.98 Å². The summed E-state index contributed by atoms with van der Waals surface area (Å²) in [4.78, 5) is 19.0. The van der Waals surface area contributed by atoms with Crippen molar-refractivity contribution in [1.29, 1.82) is 0 Å². The maximum Gasteiger partial charge on any atom is 0.273 e. The van der Waals surface area contributed by atoms with Gasteiger partial charge in [0.2, 0.25) is 5.89 Å². The zero-order valence-electron chi connectivity index (χ0n) is 14.0. The normalized spacial score (nSPS) is 15.4. The van der Waals surface area contributed by atoms with E-state index in [9.17, 15) is 4.79 Å². The molecule has 2 heterocycles. The van der Waals surface area contributed by atoms with Crippen molar-refractivity contribution in [3.05, 3.63) is 41.8 Å². The van der Waals surface area contributed by atoms with Crippen LogP contribution in [-0.2, 0) is 4.74 Å². The Morgan fingerprint density at radius 2 is 2.00 bits per heavy atom. The zero-order valence-corrected chi connectivity index (χ0v) is 14.0. The molecule has 6 nitrogen and oxygen atoms in total. The van der Waals surface area contributed by atoms with Gasteiger partial charge in [-0.1, -0.05) is 18.2 Å². The topological polar surface area (TPSA) is 67.6 Å². The number of nitrogens with one attached hydrogen (secondary N) is 1. The molecule has 6 heteroatoms. The summed E-state index contributed by atoms with van der Waals surface area (Å²) < 4.78 is 11.0. The minimum Gasteiger partial charge on any atom is -0.441 e. The number of amides is 1. The first-order valence-electron chi connectivity index (χ1n) is 8.35. The molecule has 1 N–H and O–H groups in total. The van der Waals surface area contributed by atoms with Crippen LogP contribution < -0.4 is 5.32 Å². The van der Waals surface area contributed by atoms with Crippen molar-refractivity contribution in [3.8, 4) is 11.5 Å². The summed E-state index contributed by atoms with van der Waals surface area (Å²) in [5, 5.41) is 2.92. The Morgan fingerprint density at radius 3 is 2.75 bits per heavy atom. The monoisotopic (exact) mass is 329 g/mol. The van der Waals surface area contributed by atoms with E-state index in [1.165, 1.54) is 0 Å². The fraction of sp³-hybridized carbons (Fsp3) is 0.444. The van der Waals surface area contributed by atoms with Gasteiger partial charge in [0, 0.05) is 25.2 Å². The summed E-state index contributed by atoms with van der Waals surface area (Å²) in [6, 6.07) is 9.59. The standard InChI is InChI=1S/C18H23N3O3/c1-14-16(20-18(24-14)15-6-3-2-4-7-15)17(22)19-8-5-9-21-10-12-23-13-11-21/h2-4,6-7H,5,8-13H2,1H3,(H,19,22). The molecular formula is C18H23N3O3. The minimum absolute atomic E-state index is 0.180. The molecule has 1 aromatic heterocycles. The molecule has 24 heavy (non-hydrogen) atoms. The van der Waals surface area contributed by atoms with Gasteiger partial charge in [-0.3, -0.25) is 9.69 Å². The second-order valence-electron chi connectivity index (χ2n) is 5.85. The second kappa shape index (κ2) is 8.08. The molecule has 0 unspecified atom stereocenters. The summed E-state index contributed by atoms with van der Waals surface area (Å²) in [6.07, 6.45) is 0.911. The van der Waals surface area contributed by atoms with Crippen LogP contribution in [0.15, 0.2) is 34.7 Å². The van der Waals surface area contributed by atoms with Crippen molar-refractivity contribution in [1.82, 2.24) is 15.2 Å². The number of carbonyl (C=O) groups excluding carboxylic acids is 1.